The Kier molecular flexibility index (Phi) is 5.05. The van der Waals surface area contributed by atoms with Gasteiger partial charge in [-0.1, -0.05) is 32.1 Å². The number of nitrogens with zero attached hydrogens (tertiary/aromatic N) is 1. The Balaban J connectivity index is 2.24. The fourth-order valence-electron chi connectivity index (χ4n) is 1.71. The highest BCUT2D eigenvalue weighted by Crippen LogP contribution is 2.12. The first kappa shape index (κ1) is 9.76. The van der Waals surface area contributed by atoms with E-state index in [1.807, 2.05) is 0 Å². The molecule has 1 unspecified atom stereocenters. The minimum atomic E-state index is 0.572. The third-order valence-electron chi connectivity index (χ3n) is 2.57. The van der Waals surface area contributed by atoms with Gasteiger partial charge in [-0.2, -0.15) is 0 Å². The van der Waals surface area contributed by atoms with Gasteiger partial charge in [0.1, 0.15) is 0 Å². The van der Waals surface area contributed by atoms with E-state index in [1.165, 1.54) is 51.4 Å². The number of hydrogen-bond acceptors (Lipinski definition) is 1. The minimum absolute atomic E-state index is 0.572. The molecule has 0 saturated heterocycles. The maximum atomic E-state index is 4.50. The van der Waals surface area contributed by atoms with Crippen molar-refractivity contribution >= 4 is 6.21 Å². The lowest BCUT2D eigenvalue weighted by Crippen LogP contribution is -1.97. The van der Waals surface area contributed by atoms with Crippen LogP contribution in [0.4, 0.5) is 0 Å². The van der Waals surface area contributed by atoms with Crippen LogP contribution in [0, 0.1) is 0 Å². The maximum Gasteiger partial charge on any atom is 0.0467 e. The Bertz CT molecular complexity index is 129. The van der Waals surface area contributed by atoms with Crippen LogP contribution in [0.5, 0.6) is 0 Å². The first-order chi connectivity index (χ1) is 5.89. The SMILES string of the molecule is CC1CCCCCCCCC=N1. The van der Waals surface area contributed by atoms with Crippen LogP contribution in [0.25, 0.3) is 0 Å². The van der Waals surface area contributed by atoms with Crippen LogP contribution >= 0.6 is 0 Å². The van der Waals surface area contributed by atoms with Crippen LogP contribution in [0.3, 0.4) is 0 Å². The molecule has 1 heteroatoms. The van der Waals surface area contributed by atoms with Crippen LogP contribution < -0.4 is 0 Å². The zero-order valence-electron chi connectivity index (χ0n) is 8.26. The normalized spacial score (nSPS) is 27.9. The zero-order chi connectivity index (χ0) is 8.65. The second-order valence-corrected chi connectivity index (χ2v) is 3.88. The molecule has 1 heterocycles. The maximum absolute atomic E-state index is 4.50. The van der Waals surface area contributed by atoms with E-state index in [0.29, 0.717) is 6.04 Å². The summed E-state index contributed by atoms with van der Waals surface area (Å²) in [6.45, 7) is 2.23. The standard InChI is InChI=1S/C11H21N/c1-11-9-7-5-3-2-4-6-8-10-12-11/h10-11H,2-9H2,1H3. The molecule has 1 nitrogen and oxygen atoms in total. The molecule has 0 amide bonds. The van der Waals surface area contributed by atoms with Crippen molar-refractivity contribution in [1.29, 1.82) is 0 Å². The predicted molar refractivity (Wildman–Crippen MR) is 54.9 cm³/mol. The van der Waals surface area contributed by atoms with E-state index in [9.17, 15) is 0 Å². The lowest BCUT2D eigenvalue weighted by atomic mass is 10.1. The van der Waals surface area contributed by atoms with E-state index in [-0.39, 0.29) is 0 Å². The topological polar surface area (TPSA) is 12.4 Å². The highest BCUT2D eigenvalue weighted by atomic mass is 14.7. The van der Waals surface area contributed by atoms with E-state index in [1.54, 1.807) is 0 Å². The molecule has 1 aliphatic rings. The molecule has 1 aliphatic heterocycles. The van der Waals surface area contributed by atoms with Gasteiger partial charge in [-0.25, -0.2) is 0 Å². The smallest absolute Gasteiger partial charge is 0.0467 e. The molecule has 1 rings (SSSR count). The monoisotopic (exact) mass is 167 g/mol. The average molecular weight is 167 g/mol. The van der Waals surface area contributed by atoms with E-state index in [4.69, 9.17) is 0 Å². The number of hydrogen-bond donors (Lipinski definition) is 0. The molecule has 0 aromatic rings. The van der Waals surface area contributed by atoms with Crippen molar-refractivity contribution < 1.29 is 0 Å². The second-order valence-electron chi connectivity index (χ2n) is 3.88. The number of rotatable bonds is 0. The van der Waals surface area contributed by atoms with Gasteiger partial charge in [0.25, 0.3) is 0 Å². The van der Waals surface area contributed by atoms with Crippen molar-refractivity contribution in [3.8, 4) is 0 Å². The summed E-state index contributed by atoms with van der Waals surface area (Å²) in [7, 11) is 0. The quantitative estimate of drug-likeness (QED) is 0.523. The Morgan fingerprint density at radius 1 is 1.00 bits per heavy atom. The highest BCUT2D eigenvalue weighted by Gasteiger charge is 1.99. The third kappa shape index (κ3) is 4.53. The Morgan fingerprint density at radius 2 is 1.67 bits per heavy atom. The van der Waals surface area contributed by atoms with Crippen LogP contribution in [0.15, 0.2) is 4.99 Å². The molecule has 0 aliphatic carbocycles. The van der Waals surface area contributed by atoms with Gasteiger partial charge < -0.3 is 0 Å². The average Bonchev–Trinajstić information content (AvgIpc) is 2.11. The fraction of sp³-hybridized carbons (Fsp3) is 0.909. The van der Waals surface area contributed by atoms with E-state index in [0.717, 1.165) is 0 Å². The van der Waals surface area contributed by atoms with Gasteiger partial charge in [-0.3, -0.25) is 4.99 Å². The summed E-state index contributed by atoms with van der Waals surface area (Å²) in [4.78, 5) is 4.50. The number of aliphatic imine (C=N–C) groups is 1. The zero-order valence-corrected chi connectivity index (χ0v) is 8.26. The Hall–Kier alpha value is -0.330. The summed E-state index contributed by atoms with van der Waals surface area (Å²) in [5.41, 5.74) is 0. The van der Waals surface area contributed by atoms with Gasteiger partial charge in [0.15, 0.2) is 0 Å². The largest absolute Gasteiger partial charge is 0.295 e. The third-order valence-corrected chi connectivity index (χ3v) is 2.57. The summed E-state index contributed by atoms with van der Waals surface area (Å²) in [5, 5.41) is 0. The van der Waals surface area contributed by atoms with E-state index < -0.39 is 0 Å². The van der Waals surface area contributed by atoms with Crippen LogP contribution in [0.2, 0.25) is 0 Å². The van der Waals surface area contributed by atoms with Crippen LogP contribution in [-0.4, -0.2) is 12.3 Å². The molecule has 0 aromatic heterocycles. The van der Waals surface area contributed by atoms with Gasteiger partial charge in [0, 0.05) is 6.04 Å². The van der Waals surface area contributed by atoms with Gasteiger partial charge >= 0.3 is 0 Å². The molecular weight excluding hydrogens is 146 g/mol. The first-order valence-electron chi connectivity index (χ1n) is 5.41. The lowest BCUT2D eigenvalue weighted by Gasteiger charge is -2.03. The van der Waals surface area contributed by atoms with Crippen molar-refractivity contribution in [3.63, 3.8) is 0 Å². The molecule has 0 bridgehead atoms. The van der Waals surface area contributed by atoms with Crippen molar-refractivity contribution in [2.24, 2.45) is 4.99 Å². The van der Waals surface area contributed by atoms with Crippen molar-refractivity contribution in [2.75, 3.05) is 0 Å². The van der Waals surface area contributed by atoms with Crippen molar-refractivity contribution in [2.45, 2.75) is 64.3 Å². The highest BCUT2D eigenvalue weighted by molar-refractivity contribution is 5.57. The Labute approximate surface area is 76.3 Å². The van der Waals surface area contributed by atoms with Crippen molar-refractivity contribution in [1.82, 2.24) is 0 Å². The second kappa shape index (κ2) is 6.22. The minimum Gasteiger partial charge on any atom is -0.295 e. The van der Waals surface area contributed by atoms with E-state index in [2.05, 4.69) is 18.1 Å². The molecule has 12 heavy (non-hydrogen) atoms. The molecule has 0 saturated carbocycles. The molecular formula is C11H21N. The molecule has 0 aromatic carbocycles. The fourth-order valence-corrected chi connectivity index (χ4v) is 1.71. The summed E-state index contributed by atoms with van der Waals surface area (Å²) < 4.78 is 0. The first-order valence-corrected chi connectivity index (χ1v) is 5.41. The predicted octanol–water partition coefficient (Wildman–Crippen LogP) is 3.58. The van der Waals surface area contributed by atoms with Crippen molar-refractivity contribution in [3.05, 3.63) is 0 Å². The molecule has 0 N–H and O–H groups in total. The summed E-state index contributed by atoms with van der Waals surface area (Å²) in [6.07, 6.45) is 13.0. The summed E-state index contributed by atoms with van der Waals surface area (Å²) in [5.74, 6) is 0. The molecule has 70 valence electrons. The van der Waals surface area contributed by atoms with Crippen LogP contribution in [0.1, 0.15) is 58.3 Å². The Morgan fingerprint density at radius 3 is 2.50 bits per heavy atom. The summed E-state index contributed by atoms with van der Waals surface area (Å²) in [6, 6.07) is 0.572. The molecule has 0 fully saturated rings. The van der Waals surface area contributed by atoms with Gasteiger partial charge in [0.2, 0.25) is 0 Å². The molecule has 0 spiro atoms. The summed E-state index contributed by atoms with van der Waals surface area (Å²) >= 11 is 0. The lowest BCUT2D eigenvalue weighted by molar-refractivity contribution is 0.560. The van der Waals surface area contributed by atoms with Crippen LogP contribution in [-0.2, 0) is 0 Å². The van der Waals surface area contributed by atoms with Gasteiger partial charge in [-0.15, -0.1) is 0 Å². The van der Waals surface area contributed by atoms with Gasteiger partial charge in [0.05, 0.1) is 0 Å². The van der Waals surface area contributed by atoms with E-state index >= 15 is 0 Å². The molecule has 1 atom stereocenters. The van der Waals surface area contributed by atoms with Gasteiger partial charge in [-0.05, 0) is 32.4 Å². The molecule has 0 radical (unpaired) electrons.